The van der Waals surface area contributed by atoms with Crippen molar-refractivity contribution in [1.29, 1.82) is 0 Å². The van der Waals surface area contributed by atoms with Crippen molar-refractivity contribution in [2.45, 2.75) is 33.7 Å². The number of benzene rings is 1. The quantitative estimate of drug-likeness (QED) is 0.627. The molecule has 1 fully saturated rings. The molecule has 1 atom stereocenters. The molecule has 0 aliphatic carbocycles. The molecule has 32 heavy (non-hydrogen) atoms. The number of fused-ring (bicyclic) bond motifs is 2. The lowest BCUT2D eigenvalue weighted by Gasteiger charge is -2.40. The van der Waals surface area contributed by atoms with Gasteiger partial charge in [0.25, 0.3) is 0 Å². The van der Waals surface area contributed by atoms with Crippen molar-refractivity contribution in [3.8, 4) is 5.75 Å². The molecule has 1 aromatic carbocycles. The van der Waals surface area contributed by atoms with Crippen molar-refractivity contribution in [2.75, 3.05) is 44.5 Å². The van der Waals surface area contributed by atoms with Gasteiger partial charge in [0, 0.05) is 61.0 Å². The largest absolute Gasteiger partial charge is 0.467 e. The zero-order chi connectivity index (χ0) is 22.2. The van der Waals surface area contributed by atoms with E-state index in [2.05, 4.69) is 59.1 Å². The molecule has 0 spiro atoms. The molecule has 5 rings (SSSR count). The second kappa shape index (κ2) is 8.56. The first kappa shape index (κ1) is 21.0. The van der Waals surface area contributed by atoms with Gasteiger partial charge in [0.1, 0.15) is 5.75 Å². The Balaban J connectivity index is 1.46. The van der Waals surface area contributed by atoms with Crippen molar-refractivity contribution in [3.05, 3.63) is 53.2 Å². The zero-order valence-corrected chi connectivity index (χ0v) is 19.3. The normalized spacial score (nSPS) is 21.4. The van der Waals surface area contributed by atoms with Gasteiger partial charge in [-0.25, -0.2) is 4.98 Å². The maximum atomic E-state index is 5.97. The monoisotopic (exact) mass is 433 g/mol. The Morgan fingerprint density at radius 2 is 2.00 bits per heavy atom. The molecule has 0 radical (unpaired) electrons. The van der Waals surface area contributed by atoms with Gasteiger partial charge in [-0.1, -0.05) is 6.92 Å². The molecule has 7 nitrogen and oxygen atoms in total. The standard InChI is InChI=1S/C25H31N5O2/c1-5-28-8-9-29(13-18(28)3)22-7-6-20-10-21(15-31-16-32-24(20)11-22)23-14-30-12-17(2)26-19(4)25(30)27-23/h6-7,10-12,14,18H,5,8-9,13,15-16H2,1-4H3/b21-10+/t18-/m0/s1. The van der Waals surface area contributed by atoms with E-state index < -0.39 is 0 Å². The van der Waals surface area contributed by atoms with Crippen LogP contribution in [0.5, 0.6) is 5.75 Å². The summed E-state index contributed by atoms with van der Waals surface area (Å²) in [5.41, 5.74) is 6.97. The van der Waals surface area contributed by atoms with Crippen LogP contribution in [-0.2, 0) is 4.74 Å². The van der Waals surface area contributed by atoms with Gasteiger partial charge in [0.05, 0.1) is 23.7 Å². The van der Waals surface area contributed by atoms with E-state index in [4.69, 9.17) is 14.5 Å². The van der Waals surface area contributed by atoms with Crippen LogP contribution in [0.1, 0.15) is 36.5 Å². The number of aryl methyl sites for hydroxylation is 2. The Morgan fingerprint density at radius 3 is 2.81 bits per heavy atom. The molecular weight excluding hydrogens is 402 g/mol. The molecule has 0 bridgehead atoms. The Bertz CT molecular complexity index is 1170. The van der Waals surface area contributed by atoms with Gasteiger partial charge in [0.2, 0.25) is 0 Å². The Kier molecular flexibility index (Phi) is 5.61. The third-order valence-corrected chi connectivity index (χ3v) is 6.47. The molecule has 0 amide bonds. The summed E-state index contributed by atoms with van der Waals surface area (Å²) < 4.78 is 13.8. The molecule has 4 heterocycles. The fourth-order valence-corrected chi connectivity index (χ4v) is 4.76. The second-order valence-corrected chi connectivity index (χ2v) is 8.75. The van der Waals surface area contributed by atoms with E-state index >= 15 is 0 Å². The van der Waals surface area contributed by atoms with Gasteiger partial charge in [-0.15, -0.1) is 0 Å². The van der Waals surface area contributed by atoms with Crippen molar-refractivity contribution < 1.29 is 9.47 Å². The van der Waals surface area contributed by atoms with E-state index in [-0.39, 0.29) is 6.79 Å². The van der Waals surface area contributed by atoms with Crippen LogP contribution in [0, 0.1) is 13.8 Å². The molecule has 2 aliphatic heterocycles. The maximum Gasteiger partial charge on any atom is 0.189 e. The summed E-state index contributed by atoms with van der Waals surface area (Å²) in [4.78, 5) is 14.3. The fourth-order valence-electron chi connectivity index (χ4n) is 4.76. The second-order valence-electron chi connectivity index (χ2n) is 8.75. The summed E-state index contributed by atoms with van der Waals surface area (Å²) in [5, 5.41) is 0. The lowest BCUT2D eigenvalue weighted by Crippen LogP contribution is -2.51. The third kappa shape index (κ3) is 3.98. The van der Waals surface area contributed by atoms with Gasteiger partial charge in [0.15, 0.2) is 12.4 Å². The van der Waals surface area contributed by atoms with Gasteiger partial charge in [-0.05, 0) is 45.5 Å². The molecule has 168 valence electrons. The molecular formula is C25H31N5O2. The maximum absolute atomic E-state index is 5.97. The molecule has 7 heteroatoms. The number of hydrogen-bond acceptors (Lipinski definition) is 6. The topological polar surface area (TPSA) is 55.1 Å². The lowest BCUT2D eigenvalue weighted by molar-refractivity contribution is 0.0324. The van der Waals surface area contributed by atoms with Crippen LogP contribution in [0.15, 0.2) is 30.6 Å². The molecule has 3 aromatic rings. The Hall–Kier alpha value is -2.90. The number of imidazole rings is 1. The van der Waals surface area contributed by atoms with Crippen LogP contribution in [0.25, 0.3) is 17.3 Å². The van der Waals surface area contributed by atoms with Gasteiger partial charge >= 0.3 is 0 Å². The summed E-state index contributed by atoms with van der Waals surface area (Å²) in [5.74, 6) is 0.850. The van der Waals surface area contributed by atoms with Crippen molar-refractivity contribution >= 4 is 23.0 Å². The van der Waals surface area contributed by atoms with Crippen molar-refractivity contribution in [2.24, 2.45) is 0 Å². The summed E-state index contributed by atoms with van der Waals surface area (Å²) in [7, 11) is 0. The van der Waals surface area contributed by atoms with Crippen LogP contribution in [0.4, 0.5) is 5.69 Å². The number of aromatic nitrogens is 3. The first-order valence-electron chi connectivity index (χ1n) is 11.4. The SMILES string of the molecule is CCN1CCN(c2ccc3c(c2)OCOC/C(c2cn4cc(C)nc(C)c4n2)=C\3)C[C@@H]1C. The number of hydrogen-bond donors (Lipinski definition) is 0. The molecule has 2 aromatic heterocycles. The molecule has 0 unspecified atom stereocenters. The highest BCUT2D eigenvalue weighted by Crippen LogP contribution is 2.32. The van der Waals surface area contributed by atoms with Crippen molar-refractivity contribution in [3.63, 3.8) is 0 Å². The minimum Gasteiger partial charge on any atom is -0.467 e. The summed E-state index contributed by atoms with van der Waals surface area (Å²) in [6.45, 7) is 13.4. The number of ether oxygens (including phenoxy) is 2. The van der Waals surface area contributed by atoms with E-state index in [1.165, 1.54) is 5.69 Å². The Labute approximate surface area is 189 Å². The minimum atomic E-state index is 0.223. The predicted octanol–water partition coefficient (Wildman–Crippen LogP) is 3.78. The smallest absolute Gasteiger partial charge is 0.189 e. The first-order valence-corrected chi connectivity index (χ1v) is 11.4. The highest BCUT2D eigenvalue weighted by molar-refractivity contribution is 5.84. The van der Waals surface area contributed by atoms with E-state index in [1.54, 1.807) is 0 Å². The van der Waals surface area contributed by atoms with Crippen LogP contribution in [0.2, 0.25) is 0 Å². The number of likely N-dealkylation sites (N-methyl/N-ethyl adjacent to an activating group) is 1. The summed E-state index contributed by atoms with van der Waals surface area (Å²) in [6, 6.07) is 7.05. The Morgan fingerprint density at radius 1 is 1.12 bits per heavy atom. The fraction of sp³-hybridized carbons (Fsp3) is 0.440. The predicted molar refractivity (Wildman–Crippen MR) is 127 cm³/mol. The van der Waals surface area contributed by atoms with Crippen LogP contribution >= 0.6 is 0 Å². The molecule has 2 aliphatic rings. The average Bonchev–Trinajstić information content (AvgIpc) is 3.18. The summed E-state index contributed by atoms with van der Waals surface area (Å²) >= 11 is 0. The van der Waals surface area contributed by atoms with Gasteiger partial charge in [-0.3, -0.25) is 9.88 Å². The highest BCUT2D eigenvalue weighted by Gasteiger charge is 2.23. The number of nitrogens with zero attached hydrogens (tertiary/aromatic N) is 5. The molecule has 0 N–H and O–H groups in total. The van der Waals surface area contributed by atoms with Crippen molar-refractivity contribution in [1.82, 2.24) is 19.3 Å². The van der Waals surface area contributed by atoms with Gasteiger partial charge < -0.3 is 18.8 Å². The molecule has 1 saturated heterocycles. The van der Waals surface area contributed by atoms with Crippen LogP contribution in [0.3, 0.4) is 0 Å². The van der Waals surface area contributed by atoms with E-state index in [0.29, 0.717) is 12.6 Å². The number of anilines is 1. The van der Waals surface area contributed by atoms with Crippen LogP contribution in [-0.4, -0.2) is 64.9 Å². The van der Waals surface area contributed by atoms with Crippen LogP contribution < -0.4 is 9.64 Å². The van der Waals surface area contributed by atoms with E-state index in [9.17, 15) is 0 Å². The number of rotatable bonds is 3. The zero-order valence-electron chi connectivity index (χ0n) is 19.3. The van der Waals surface area contributed by atoms with Gasteiger partial charge in [-0.2, -0.15) is 0 Å². The third-order valence-electron chi connectivity index (χ3n) is 6.47. The highest BCUT2D eigenvalue weighted by atomic mass is 16.7. The minimum absolute atomic E-state index is 0.223. The number of piperazine rings is 1. The van der Waals surface area contributed by atoms with E-state index in [1.807, 2.05) is 24.4 Å². The lowest BCUT2D eigenvalue weighted by atomic mass is 10.1. The molecule has 0 saturated carbocycles. The summed E-state index contributed by atoms with van der Waals surface area (Å²) in [6.07, 6.45) is 6.19. The first-order chi connectivity index (χ1) is 15.5. The average molecular weight is 434 g/mol. The van der Waals surface area contributed by atoms with E-state index in [0.717, 1.165) is 65.8 Å².